The fourth-order valence-electron chi connectivity index (χ4n) is 2.13. The number of nitrogens with zero attached hydrogens (tertiary/aromatic N) is 2. The maximum Gasteiger partial charge on any atom is 0.144 e. The van der Waals surface area contributed by atoms with Crippen LogP contribution >= 0.6 is 0 Å². The van der Waals surface area contributed by atoms with E-state index < -0.39 is 0 Å². The zero-order chi connectivity index (χ0) is 12.3. The molecule has 4 nitrogen and oxygen atoms in total. The van der Waals surface area contributed by atoms with E-state index in [0.29, 0.717) is 17.4 Å². The molecule has 0 saturated carbocycles. The molecule has 17 heavy (non-hydrogen) atoms. The molecule has 2 atom stereocenters. The molecule has 0 bridgehead atoms. The Morgan fingerprint density at radius 3 is 3.12 bits per heavy atom. The number of aryl methyl sites for hydroxylation is 1. The van der Waals surface area contributed by atoms with E-state index in [1.165, 1.54) is 0 Å². The van der Waals surface area contributed by atoms with Gasteiger partial charge in [0, 0.05) is 18.8 Å². The number of pyridine rings is 1. The van der Waals surface area contributed by atoms with E-state index in [-0.39, 0.29) is 6.10 Å². The fraction of sp³-hybridized carbons (Fsp3) is 0.538. The maximum absolute atomic E-state index is 9.13. The van der Waals surface area contributed by atoms with Crippen molar-refractivity contribution < 1.29 is 4.74 Å². The number of hydrogen-bond donors (Lipinski definition) is 1. The standard InChI is InChI=1S/C13H17N3O/c1-9-3-5-15-13(12(9)8-14)16-11-4-6-17-10(2)7-11/h3,5,10-11H,4,6-7H2,1-2H3,(H,15,16). The molecule has 2 unspecified atom stereocenters. The molecule has 0 amide bonds. The Morgan fingerprint density at radius 1 is 1.59 bits per heavy atom. The van der Waals surface area contributed by atoms with Crippen molar-refractivity contribution in [2.45, 2.75) is 38.8 Å². The van der Waals surface area contributed by atoms with Gasteiger partial charge in [0.15, 0.2) is 0 Å². The maximum atomic E-state index is 9.13. The smallest absolute Gasteiger partial charge is 0.144 e. The molecule has 1 N–H and O–H groups in total. The second kappa shape index (κ2) is 5.15. The van der Waals surface area contributed by atoms with Crippen molar-refractivity contribution in [1.82, 2.24) is 4.98 Å². The molecule has 1 aromatic rings. The van der Waals surface area contributed by atoms with E-state index in [4.69, 9.17) is 10.00 Å². The van der Waals surface area contributed by atoms with Crippen molar-refractivity contribution in [3.05, 3.63) is 23.4 Å². The fourth-order valence-corrected chi connectivity index (χ4v) is 2.13. The van der Waals surface area contributed by atoms with Crippen molar-refractivity contribution in [2.75, 3.05) is 11.9 Å². The molecule has 90 valence electrons. The quantitative estimate of drug-likeness (QED) is 0.848. The largest absolute Gasteiger partial charge is 0.378 e. The van der Waals surface area contributed by atoms with Gasteiger partial charge in [0.25, 0.3) is 0 Å². The number of ether oxygens (including phenoxy) is 1. The van der Waals surface area contributed by atoms with E-state index in [9.17, 15) is 0 Å². The first-order valence-electron chi connectivity index (χ1n) is 5.94. The predicted octanol–water partition coefficient (Wildman–Crippen LogP) is 2.24. The summed E-state index contributed by atoms with van der Waals surface area (Å²) in [5, 5.41) is 12.5. The summed E-state index contributed by atoms with van der Waals surface area (Å²) >= 11 is 0. The monoisotopic (exact) mass is 231 g/mol. The molecule has 0 aliphatic carbocycles. The van der Waals surface area contributed by atoms with Gasteiger partial charge in [0.05, 0.1) is 11.7 Å². The third-order valence-electron chi connectivity index (χ3n) is 3.10. The van der Waals surface area contributed by atoms with Crippen LogP contribution < -0.4 is 5.32 Å². The lowest BCUT2D eigenvalue weighted by atomic mass is 10.0. The van der Waals surface area contributed by atoms with Crippen LogP contribution in [-0.4, -0.2) is 23.7 Å². The first-order chi connectivity index (χ1) is 8.20. The van der Waals surface area contributed by atoms with Gasteiger partial charge in [-0.15, -0.1) is 0 Å². The SMILES string of the molecule is Cc1ccnc(NC2CCOC(C)C2)c1C#N. The van der Waals surface area contributed by atoms with E-state index in [2.05, 4.69) is 23.3 Å². The Morgan fingerprint density at radius 2 is 2.41 bits per heavy atom. The summed E-state index contributed by atoms with van der Waals surface area (Å²) in [5.41, 5.74) is 1.61. The summed E-state index contributed by atoms with van der Waals surface area (Å²) < 4.78 is 5.50. The van der Waals surface area contributed by atoms with Crippen LogP contribution in [0.2, 0.25) is 0 Å². The van der Waals surface area contributed by atoms with Gasteiger partial charge in [0.1, 0.15) is 11.9 Å². The minimum Gasteiger partial charge on any atom is -0.378 e. The molecular formula is C13H17N3O. The van der Waals surface area contributed by atoms with Gasteiger partial charge >= 0.3 is 0 Å². The molecule has 1 aliphatic heterocycles. The zero-order valence-corrected chi connectivity index (χ0v) is 10.2. The van der Waals surface area contributed by atoms with Crippen LogP contribution in [0.3, 0.4) is 0 Å². The van der Waals surface area contributed by atoms with Gasteiger partial charge in [0.2, 0.25) is 0 Å². The van der Waals surface area contributed by atoms with E-state index in [0.717, 1.165) is 25.0 Å². The molecule has 0 aromatic carbocycles. The molecule has 4 heteroatoms. The van der Waals surface area contributed by atoms with Crippen LogP contribution in [-0.2, 0) is 4.74 Å². The Bertz CT molecular complexity index is 439. The van der Waals surface area contributed by atoms with Gasteiger partial charge in [-0.25, -0.2) is 4.98 Å². The summed E-state index contributed by atoms with van der Waals surface area (Å²) in [7, 11) is 0. The first-order valence-corrected chi connectivity index (χ1v) is 5.94. The highest BCUT2D eigenvalue weighted by Crippen LogP contribution is 2.21. The molecular weight excluding hydrogens is 214 g/mol. The normalized spacial score (nSPS) is 24.1. The molecule has 0 spiro atoms. The van der Waals surface area contributed by atoms with Crippen LogP contribution in [0, 0.1) is 18.3 Å². The Hall–Kier alpha value is -1.60. The van der Waals surface area contributed by atoms with E-state index in [1.54, 1.807) is 6.20 Å². The number of nitriles is 1. The summed E-state index contributed by atoms with van der Waals surface area (Å²) in [6, 6.07) is 4.41. The second-order valence-corrected chi connectivity index (χ2v) is 4.51. The number of hydrogen-bond acceptors (Lipinski definition) is 4. The van der Waals surface area contributed by atoms with Crippen molar-refractivity contribution in [1.29, 1.82) is 5.26 Å². The minimum atomic E-state index is 0.275. The van der Waals surface area contributed by atoms with Gasteiger partial charge in [-0.1, -0.05) is 0 Å². The lowest BCUT2D eigenvalue weighted by Gasteiger charge is -2.28. The highest BCUT2D eigenvalue weighted by atomic mass is 16.5. The van der Waals surface area contributed by atoms with E-state index >= 15 is 0 Å². The van der Waals surface area contributed by atoms with Gasteiger partial charge in [-0.05, 0) is 38.3 Å². The average Bonchev–Trinajstić information content (AvgIpc) is 2.29. The second-order valence-electron chi connectivity index (χ2n) is 4.51. The Kier molecular flexibility index (Phi) is 3.60. The number of nitrogens with one attached hydrogen (secondary N) is 1. The predicted molar refractivity (Wildman–Crippen MR) is 65.7 cm³/mol. The van der Waals surface area contributed by atoms with Crippen molar-refractivity contribution >= 4 is 5.82 Å². The third-order valence-corrected chi connectivity index (χ3v) is 3.10. The highest BCUT2D eigenvalue weighted by molar-refractivity contribution is 5.55. The van der Waals surface area contributed by atoms with Crippen LogP contribution in [0.1, 0.15) is 30.9 Å². The molecule has 1 aromatic heterocycles. The first kappa shape index (κ1) is 11.9. The lowest BCUT2D eigenvalue weighted by molar-refractivity contribution is 0.0232. The van der Waals surface area contributed by atoms with Gasteiger partial charge in [-0.3, -0.25) is 0 Å². The van der Waals surface area contributed by atoms with Crippen LogP contribution in [0.4, 0.5) is 5.82 Å². The molecule has 2 heterocycles. The van der Waals surface area contributed by atoms with Gasteiger partial charge in [-0.2, -0.15) is 5.26 Å². The Balaban J connectivity index is 2.13. The minimum absolute atomic E-state index is 0.275. The molecule has 2 rings (SSSR count). The summed E-state index contributed by atoms with van der Waals surface area (Å²) in [5.74, 6) is 0.701. The van der Waals surface area contributed by atoms with Crippen LogP contribution in [0.15, 0.2) is 12.3 Å². The highest BCUT2D eigenvalue weighted by Gasteiger charge is 2.20. The summed E-state index contributed by atoms with van der Waals surface area (Å²) in [4.78, 5) is 4.26. The molecule has 1 aliphatic rings. The zero-order valence-electron chi connectivity index (χ0n) is 10.2. The van der Waals surface area contributed by atoms with Crippen molar-refractivity contribution in [3.8, 4) is 6.07 Å². The molecule has 1 fully saturated rings. The Labute approximate surface area is 102 Å². The number of rotatable bonds is 2. The van der Waals surface area contributed by atoms with Crippen LogP contribution in [0.25, 0.3) is 0 Å². The summed E-state index contributed by atoms with van der Waals surface area (Å²) in [6.07, 6.45) is 3.93. The number of anilines is 1. The number of aromatic nitrogens is 1. The van der Waals surface area contributed by atoms with Crippen LogP contribution in [0.5, 0.6) is 0 Å². The molecule has 0 radical (unpaired) electrons. The van der Waals surface area contributed by atoms with Crippen molar-refractivity contribution in [3.63, 3.8) is 0 Å². The lowest BCUT2D eigenvalue weighted by Crippen LogP contribution is -2.33. The molecule has 1 saturated heterocycles. The van der Waals surface area contributed by atoms with Crippen molar-refractivity contribution in [2.24, 2.45) is 0 Å². The topological polar surface area (TPSA) is 57.9 Å². The average molecular weight is 231 g/mol. The van der Waals surface area contributed by atoms with Gasteiger partial charge < -0.3 is 10.1 Å². The summed E-state index contributed by atoms with van der Waals surface area (Å²) in [6.45, 7) is 4.77. The van der Waals surface area contributed by atoms with E-state index in [1.807, 2.05) is 13.0 Å². The third kappa shape index (κ3) is 2.75.